The van der Waals surface area contributed by atoms with Crippen LogP contribution in [0.5, 0.6) is 0 Å². The molecule has 7 nitrogen and oxygen atoms in total. The van der Waals surface area contributed by atoms with Gasteiger partial charge in [-0.1, -0.05) is 51.3 Å². The van der Waals surface area contributed by atoms with Gasteiger partial charge in [-0.25, -0.2) is 4.39 Å². The Hall–Kier alpha value is -3.68. The highest BCUT2D eigenvalue weighted by molar-refractivity contribution is 5.98. The van der Waals surface area contributed by atoms with Crippen molar-refractivity contribution >= 4 is 28.5 Å². The van der Waals surface area contributed by atoms with Crippen LogP contribution in [-0.2, 0) is 4.79 Å². The van der Waals surface area contributed by atoms with E-state index >= 15 is 4.39 Å². The van der Waals surface area contributed by atoms with Gasteiger partial charge in [0.25, 0.3) is 5.91 Å². The summed E-state index contributed by atoms with van der Waals surface area (Å²) in [7, 11) is 0. The Kier molecular flexibility index (Phi) is 9.28. The molecule has 4 rings (SSSR count). The Balaban J connectivity index is 1.79. The number of aryl methyl sites for hydroxylation is 1. The summed E-state index contributed by atoms with van der Waals surface area (Å²) in [5.74, 6) is -2.27. The molecule has 0 spiro atoms. The molecule has 40 heavy (non-hydrogen) atoms. The molecule has 2 aromatic carbocycles. The van der Waals surface area contributed by atoms with E-state index < -0.39 is 29.2 Å². The Morgan fingerprint density at radius 2 is 1.80 bits per heavy atom. The largest absolute Gasteiger partial charge is 0.481 e. The van der Waals surface area contributed by atoms with E-state index in [-0.39, 0.29) is 29.5 Å². The fourth-order valence-electron chi connectivity index (χ4n) is 5.89. The maximum Gasteiger partial charge on any atom is 0.305 e. The van der Waals surface area contributed by atoms with Crippen LogP contribution in [0.1, 0.15) is 104 Å². The lowest BCUT2D eigenvalue weighted by molar-refractivity contribution is -0.137. The first-order chi connectivity index (χ1) is 19.1. The SMILES string of the molecule is CCC(CC)n1cc(C(=O)NC(CC(=O)O)c2cccc(C)c2C)c(=O)c2cc(F)c(NC3CCCCC3)cc21. The van der Waals surface area contributed by atoms with Crippen LogP contribution in [0.2, 0.25) is 0 Å². The quantitative estimate of drug-likeness (QED) is 0.258. The van der Waals surface area contributed by atoms with Gasteiger partial charge in [-0.05, 0) is 68.4 Å². The third kappa shape index (κ3) is 6.21. The second kappa shape index (κ2) is 12.7. The van der Waals surface area contributed by atoms with Crippen molar-refractivity contribution < 1.29 is 19.1 Å². The number of aromatic nitrogens is 1. The van der Waals surface area contributed by atoms with Crippen molar-refractivity contribution in [2.24, 2.45) is 0 Å². The molecule has 1 aliphatic carbocycles. The van der Waals surface area contributed by atoms with E-state index in [2.05, 4.69) is 10.6 Å². The van der Waals surface area contributed by atoms with Crippen molar-refractivity contribution in [1.29, 1.82) is 0 Å². The number of halogens is 1. The number of carboxylic acids is 1. The van der Waals surface area contributed by atoms with E-state index in [1.165, 1.54) is 12.5 Å². The number of benzene rings is 2. The number of aliphatic carboxylic acids is 1. The maximum absolute atomic E-state index is 15.4. The summed E-state index contributed by atoms with van der Waals surface area (Å²) >= 11 is 0. The lowest BCUT2D eigenvalue weighted by Crippen LogP contribution is -2.34. The van der Waals surface area contributed by atoms with Gasteiger partial charge < -0.3 is 20.3 Å². The lowest BCUT2D eigenvalue weighted by Gasteiger charge is -2.26. The fourth-order valence-corrected chi connectivity index (χ4v) is 5.89. The Morgan fingerprint density at radius 1 is 1.10 bits per heavy atom. The summed E-state index contributed by atoms with van der Waals surface area (Å²) in [6, 6.07) is 7.79. The molecule has 1 aliphatic rings. The number of nitrogens with zero attached hydrogens (tertiary/aromatic N) is 1. The molecular weight excluding hydrogens is 509 g/mol. The van der Waals surface area contributed by atoms with Gasteiger partial charge in [-0.15, -0.1) is 0 Å². The first-order valence-electron chi connectivity index (χ1n) is 14.4. The summed E-state index contributed by atoms with van der Waals surface area (Å²) in [5, 5.41) is 15.9. The van der Waals surface area contributed by atoms with Gasteiger partial charge in [-0.2, -0.15) is 0 Å². The molecular formula is C32H40FN3O4. The molecule has 1 amide bonds. The number of pyridine rings is 1. The second-order valence-corrected chi connectivity index (χ2v) is 11.0. The number of hydrogen-bond donors (Lipinski definition) is 3. The van der Waals surface area contributed by atoms with Gasteiger partial charge in [0, 0.05) is 23.7 Å². The van der Waals surface area contributed by atoms with Crippen LogP contribution in [0.25, 0.3) is 10.9 Å². The highest BCUT2D eigenvalue weighted by Gasteiger charge is 2.25. The third-order valence-electron chi connectivity index (χ3n) is 8.37. The maximum atomic E-state index is 15.4. The number of rotatable bonds is 10. The van der Waals surface area contributed by atoms with Gasteiger partial charge in [0.1, 0.15) is 11.4 Å². The molecule has 0 bridgehead atoms. The Labute approximate surface area is 234 Å². The zero-order valence-corrected chi connectivity index (χ0v) is 23.9. The zero-order chi connectivity index (χ0) is 29.0. The van der Waals surface area contributed by atoms with E-state index in [0.29, 0.717) is 16.8 Å². The van der Waals surface area contributed by atoms with Crippen LogP contribution in [0, 0.1) is 19.7 Å². The first kappa shape index (κ1) is 29.3. The molecule has 1 atom stereocenters. The minimum Gasteiger partial charge on any atom is -0.481 e. The summed E-state index contributed by atoms with van der Waals surface area (Å²) in [6.07, 6.45) is 8.08. The number of carbonyl (C=O) groups is 2. The predicted molar refractivity (Wildman–Crippen MR) is 157 cm³/mol. The normalized spacial score (nSPS) is 14.8. The summed E-state index contributed by atoms with van der Waals surface area (Å²) in [4.78, 5) is 39.0. The molecule has 8 heteroatoms. The summed E-state index contributed by atoms with van der Waals surface area (Å²) < 4.78 is 17.3. The topological polar surface area (TPSA) is 100 Å². The van der Waals surface area contributed by atoms with Gasteiger partial charge in [0.05, 0.1) is 23.7 Å². The molecule has 214 valence electrons. The Bertz CT molecular complexity index is 1450. The minimum atomic E-state index is -1.07. The average molecular weight is 550 g/mol. The van der Waals surface area contributed by atoms with E-state index in [1.807, 2.05) is 44.4 Å². The standard InChI is InChI=1S/C32H40FN3O4/c1-5-22(6-2)36-18-25(32(40)35-27(17-30(37)38)23-14-10-11-19(3)20(23)4)31(39)24-15-26(33)28(16-29(24)36)34-21-12-8-7-9-13-21/h10-11,14-16,18,21-22,27,34H,5-9,12-13,17H2,1-4H3,(H,35,40)(H,37,38). The number of hydrogen-bond acceptors (Lipinski definition) is 4. The summed E-state index contributed by atoms with van der Waals surface area (Å²) in [5.41, 5.74) is 2.76. The summed E-state index contributed by atoms with van der Waals surface area (Å²) in [6.45, 7) is 7.86. The van der Waals surface area contributed by atoms with E-state index in [0.717, 1.165) is 49.7 Å². The fraction of sp³-hybridized carbons (Fsp3) is 0.469. The molecule has 1 heterocycles. The van der Waals surface area contributed by atoms with Crippen molar-refractivity contribution in [3.8, 4) is 0 Å². The van der Waals surface area contributed by atoms with Crippen LogP contribution in [0.3, 0.4) is 0 Å². The second-order valence-electron chi connectivity index (χ2n) is 11.0. The van der Waals surface area contributed by atoms with Crippen LogP contribution in [0.15, 0.2) is 41.3 Å². The highest BCUT2D eigenvalue weighted by atomic mass is 19.1. The number of fused-ring (bicyclic) bond motifs is 1. The molecule has 0 aliphatic heterocycles. The third-order valence-corrected chi connectivity index (χ3v) is 8.37. The van der Waals surface area contributed by atoms with E-state index in [4.69, 9.17) is 0 Å². The van der Waals surface area contributed by atoms with Gasteiger partial charge in [0.2, 0.25) is 5.43 Å². The molecule has 1 fully saturated rings. The van der Waals surface area contributed by atoms with Crippen LogP contribution in [-0.4, -0.2) is 27.6 Å². The number of nitrogens with one attached hydrogen (secondary N) is 2. The minimum absolute atomic E-state index is 0.0172. The molecule has 0 saturated heterocycles. The van der Waals surface area contributed by atoms with Gasteiger partial charge in [-0.3, -0.25) is 14.4 Å². The number of carboxylic acid groups (broad SMARTS) is 1. The van der Waals surface area contributed by atoms with Crippen LogP contribution >= 0.6 is 0 Å². The van der Waals surface area contributed by atoms with Crippen molar-refractivity contribution in [3.63, 3.8) is 0 Å². The van der Waals surface area contributed by atoms with E-state index in [9.17, 15) is 19.5 Å². The first-order valence-corrected chi connectivity index (χ1v) is 14.4. The number of amides is 1. The molecule has 0 radical (unpaired) electrons. The Morgan fingerprint density at radius 3 is 2.45 bits per heavy atom. The molecule has 1 aromatic heterocycles. The average Bonchev–Trinajstić information content (AvgIpc) is 2.92. The van der Waals surface area contributed by atoms with Crippen molar-refractivity contribution in [2.75, 3.05) is 5.32 Å². The molecule has 1 unspecified atom stereocenters. The molecule has 3 aromatic rings. The van der Waals surface area contributed by atoms with Crippen LogP contribution < -0.4 is 16.1 Å². The van der Waals surface area contributed by atoms with E-state index in [1.54, 1.807) is 18.3 Å². The smallest absolute Gasteiger partial charge is 0.305 e. The van der Waals surface area contributed by atoms with Gasteiger partial charge in [0.15, 0.2) is 0 Å². The zero-order valence-electron chi connectivity index (χ0n) is 23.9. The predicted octanol–water partition coefficient (Wildman–Crippen LogP) is 6.81. The lowest BCUT2D eigenvalue weighted by atomic mass is 9.95. The van der Waals surface area contributed by atoms with Gasteiger partial charge >= 0.3 is 5.97 Å². The monoisotopic (exact) mass is 549 g/mol. The number of carbonyl (C=O) groups excluding carboxylic acids is 1. The molecule has 3 N–H and O–H groups in total. The van der Waals surface area contributed by atoms with Crippen LogP contribution in [0.4, 0.5) is 10.1 Å². The van der Waals surface area contributed by atoms with Crippen molar-refractivity contribution in [1.82, 2.24) is 9.88 Å². The molecule has 1 saturated carbocycles. The van der Waals surface area contributed by atoms with Crippen molar-refractivity contribution in [2.45, 2.75) is 97.2 Å². The highest BCUT2D eigenvalue weighted by Crippen LogP contribution is 2.30. The van der Waals surface area contributed by atoms with Crippen molar-refractivity contribution in [3.05, 3.63) is 74.8 Å². The number of anilines is 1.